The van der Waals surface area contributed by atoms with Crippen molar-refractivity contribution < 1.29 is 33.7 Å². The van der Waals surface area contributed by atoms with Gasteiger partial charge in [-0.25, -0.2) is 0 Å². The Morgan fingerprint density at radius 1 is 1.11 bits per heavy atom. The van der Waals surface area contributed by atoms with E-state index < -0.39 is 29.7 Å². The van der Waals surface area contributed by atoms with Crippen LogP contribution in [-0.4, -0.2) is 47.4 Å². The first-order valence-corrected chi connectivity index (χ1v) is 12.6. The van der Waals surface area contributed by atoms with Gasteiger partial charge in [0.15, 0.2) is 6.10 Å². The topological polar surface area (TPSA) is 99.1 Å². The maximum atomic E-state index is 11.9. The largest absolute Gasteiger partial charge is 0.466 e. The van der Waals surface area contributed by atoms with E-state index in [1.165, 1.54) is 13.8 Å². The minimum Gasteiger partial charge on any atom is -0.466 e. The number of ether oxygens (including phenoxy) is 3. The second-order valence-electron chi connectivity index (χ2n) is 8.51. The van der Waals surface area contributed by atoms with Gasteiger partial charge in [-0.15, -0.1) is 0 Å². The van der Waals surface area contributed by atoms with Gasteiger partial charge in [-0.2, -0.15) is 0 Å². The Labute approximate surface area is 213 Å². The van der Waals surface area contributed by atoms with Crippen molar-refractivity contribution in [2.75, 3.05) is 6.61 Å². The van der Waals surface area contributed by atoms with Crippen LogP contribution in [0.25, 0.3) is 0 Å². The third-order valence-corrected chi connectivity index (χ3v) is 5.51. The second kappa shape index (κ2) is 16.3. The van der Waals surface area contributed by atoms with Crippen LogP contribution in [0.5, 0.6) is 0 Å². The van der Waals surface area contributed by atoms with Gasteiger partial charge in [-0.3, -0.25) is 14.4 Å². The molecule has 0 radical (unpaired) electrons. The average molecular weight is 511 g/mol. The highest BCUT2D eigenvalue weighted by atomic mass is 35.5. The number of hydrogen-bond acceptors (Lipinski definition) is 7. The van der Waals surface area contributed by atoms with Gasteiger partial charge in [0.25, 0.3) is 0 Å². The highest BCUT2D eigenvalue weighted by Crippen LogP contribution is 2.39. The molecule has 0 saturated carbocycles. The predicted octanol–water partition coefficient (Wildman–Crippen LogP) is 5.46. The summed E-state index contributed by atoms with van der Waals surface area (Å²) in [5, 5.41) is 11.8. The molecule has 0 spiro atoms. The summed E-state index contributed by atoms with van der Waals surface area (Å²) < 4.78 is 16.0. The fourth-order valence-corrected chi connectivity index (χ4v) is 4.00. The van der Waals surface area contributed by atoms with E-state index >= 15 is 0 Å². The van der Waals surface area contributed by atoms with E-state index in [2.05, 4.69) is 13.0 Å². The highest BCUT2D eigenvalue weighted by molar-refractivity contribution is 6.30. The smallest absolute Gasteiger partial charge is 0.305 e. The molecule has 0 heterocycles. The number of allylic oxidation sites excluding steroid dienone is 4. The van der Waals surface area contributed by atoms with Crippen LogP contribution in [0.1, 0.15) is 79.1 Å². The SMILES string of the molecule is CC/C=C/C/C=C/CC1(O)C=C(Cl)C/C1=C\C(OC(C)=O)C(CCCC(=O)OCCC)OC(C)=O. The summed E-state index contributed by atoms with van der Waals surface area (Å²) in [5.41, 5.74) is -0.785. The molecule has 0 amide bonds. The summed E-state index contributed by atoms with van der Waals surface area (Å²) in [7, 11) is 0. The lowest BCUT2D eigenvalue weighted by Gasteiger charge is -2.28. The molecule has 0 aromatic carbocycles. The molecule has 0 aromatic rings. The van der Waals surface area contributed by atoms with Gasteiger partial charge >= 0.3 is 17.9 Å². The van der Waals surface area contributed by atoms with E-state index in [1.807, 2.05) is 25.2 Å². The first-order chi connectivity index (χ1) is 16.6. The Kier molecular flexibility index (Phi) is 14.3. The molecule has 1 aliphatic rings. The maximum absolute atomic E-state index is 11.9. The number of hydrogen-bond donors (Lipinski definition) is 1. The molecule has 8 heteroatoms. The van der Waals surface area contributed by atoms with Crippen molar-refractivity contribution in [1.82, 2.24) is 0 Å². The number of rotatable bonds is 15. The van der Waals surface area contributed by atoms with Gasteiger partial charge in [0, 0.05) is 38.1 Å². The lowest BCUT2D eigenvalue weighted by molar-refractivity contribution is -0.162. The van der Waals surface area contributed by atoms with Gasteiger partial charge in [0.1, 0.15) is 11.7 Å². The summed E-state index contributed by atoms with van der Waals surface area (Å²) in [4.78, 5) is 35.5. The monoisotopic (exact) mass is 510 g/mol. The van der Waals surface area contributed by atoms with E-state index in [4.69, 9.17) is 25.8 Å². The van der Waals surface area contributed by atoms with Gasteiger partial charge in [-0.05, 0) is 49.8 Å². The third-order valence-electron chi connectivity index (χ3n) is 5.27. The van der Waals surface area contributed by atoms with Crippen LogP contribution in [0.15, 0.2) is 47.1 Å². The fourth-order valence-electron chi connectivity index (χ4n) is 3.68. The molecule has 1 N–H and O–H groups in total. The van der Waals surface area contributed by atoms with Crippen LogP contribution in [0.2, 0.25) is 0 Å². The van der Waals surface area contributed by atoms with E-state index in [0.29, 0.717) is 30.1 Å². The lowest BCUT2D eigenvalue weighted by atomic mass is 9.90. The number of carbonyl (C=O) groups excluding carboxylic acids is 3. The van der Waals surface area contributed by atoms with Crippen LogP contribution < -0.4 is 0 Å². The molecule has 0 aliphatic heterocycles. The fraction of sp³-hybridized carbons (Fsp3) is 0.593. The Balaban J connectivity index is 3.06. The molecule has 0 aromatic heterocycles. The van der Waals surface area contributed by atoms with E-state index in [0.717, 1.165) is 19.3 Å². The molecule has 3 atom stereocenters. The van der Waals surface area contributed by atoms with Crippen LogP contribution in [0.3, 0.4) is 0 Å². The van der Waals surface area contributed by atoms with Crippen molar-refractivity contribution in [2.45, 2.75) is 96.9 Å². The molecule has 0 fully saturated rings. The molecule has 196 valence electrons. The summed E-state index contributed by atoms with van der Waals surface area (Å²) in [6, 6.07) is 0. The quantitative estimate of drug-likeness (QED) is 0.177. The van der Waals surface area contributed by atoms with Gasteiger partial charge < -0.3 is 19.3 Å². The van der Waals surface area contributed by atoms with Crippen LogP contribution >= 0.6 is 11.6 Å². The van der Waals surface area contributed by atoms with E-state index in [9.17, 15) is 19.5 Å². The minimum atomic E-state index is -1.34. The summed E-state index contributed by atoms with van der Waals surface area (Å²) in [5.74, 6) is -1.44. The van der Waals surface area contributed by atoms with Crippen LogP contribution in [0.4, 0.5) is 0 Å². The molecule has 7 nitrogen and oxygen atoms in total. The Morgan fingerprint density at radius 2 is 1.80 bits per heavy atom. The first kappa shape index (κ1) is 30.7. The van der Waals surface area contributed by atoms with Crippen molar-refractivity contribution >= 4 is 29.5 Å². The van der Waals surface area contributed by atoms with E-state index in [1.54, 1.807) is 12.2 Å². The normalized spacial score (nSPS) is 20.7. The number of esters is 3. The average Bonchev–Trinajstić information content (AvgIpc) is 3.05. The number of aliphatic hydroxyl groups is 1. The summed E-state index contributed by atoms with van der Waals surface area (Å²) >= 11 is 6.27. The zero-order valence-corrected chi connectivity index (χ0v) is 22.0. The van der Waals surface area contributed by atoms with E-state index in [-0.39, 0.29) is 25.2 Å². The van der Waals surface area contributed by atoms with Crippen LogP contribution in [-0.2, 0) is 28.6 Å². The predicted molar refractivity (Wildman–Crippen MR) is 136 cm³/mol. The van der Waals surface area contributed by atoms with Crippen LogP contribution in [0, 0.1) is 0 Å². The standard InChI is InChI=1S/C27H39ClO7/c1-5-7-8-9-10-11-15-27(32)19-23(28)17-22(27)18-25(35-21(4)30)24(34-20(3)29)13-12-14-26(31)33-16-6-2/h7-8,10-11,18-19,24-25,32H,5-6,9,12-17H2,1-4H3/b8-7+,11-10+,22-18+. The van der Waals surface area contributed by atoms with Crippen molar-refractivity contribution in [3.05, 3.63) is 47.1 Å². The maximum Gasteiger partial charge on any atom is 0.305 e. The molecule has 0 bridgehead atoms. The highest BCUT2D eigenvalue weighted by Gasteiger charge is 2.36. The third kappa shape index (κ3) is 12.2. The lowest BCUT2D eigenvalue weighted by Crippen LogP contribution is -2.35. The zero-order valence-electron chi connectivity index (χ0n) is 21.3. The van der Waals surface area contributed by atoms with Crippen molar-refractivity contribution in [3.8, 4) is 0 Å². The van der Waals surface area contributed by atoms with Gasteiger partial charge in [-0.1, -0.05) is 49.8 Å². The molecule has 1 aliphatic carbocycles. The van der Waals surface area contributed by atoms with Gasteiger partial charge in [0.05, 0.1) is 6.61 Å². The molecule has 0 saturated heterocycles. The number of halogens is 1. The summed E-state index contributed by atoms with van der Waals surface area (Å²) in [6.45, 7) is 6.85. The zero-order chi connectivity index (χ0) is 26.3. The van der Waals surface area contributed by atoms with Crippen molar-refractivity contribution in [1.29, 1.82) is 0 Å². The first-order valence-electron chi connectivity index (χ1n) is 12.2. The molecule has 1 rings (SSSR count). The Bertz CT molecular complexity index is 827. The van der Waals surface area contributed by atoms with Gasteiger partial charge in [0.2, 0.25) is 0 Å². The Morgan fingerprint density at radius 3 is 2.43 bits per heavy atom. The molecule has 35 heavy (non-hydrogen) atoms. The molecule has 3 unspecified atom stereocenters. The summed E-state index contributed by atoms with van der Waals surface area (Å²) in [6.07, 6.45) is 13.2. The van der Waals surface area contributed by atoms with Crippen molar-refractivity contribution in [3.63, 3.8) is 0 Å². The Hall–Kier alpha value is -2.38. The minimum absolute atomic E-state index is 0.149. The molecular weight excluding hydrogens is 472 g/mol. The van der Waals surface area contributed by atoms with Crippen molar-refractivity contribution in [2.24, 2.45) is 0 Å². The molecular formula is C27H39ClO7. The second-order valence-corrected chi connectivity index (χ2v) is 9.00. The number of carbonyl (C=O) groups is 3.